The Morgan fingerprint density at radius 2 is 2.29 bits per heavy atom. The van der Waals surface area contributed by atoms with Crippen molar-refractivity contribution < 1.29 is 0 Å². The molecule has 0 saturated carbocycles. The molecule has 1 rings (SSSR count). The second-order valence-corrected chi connectivity index (χ2v) is 4.54. The molecule has 0 radical (unpaired) electrons. The number of nitrogens with two attached hydrogens (primary N) is 1. The lowest BCUT2D eigenvalue weighted by molar-refractivity contribution is 1.10. The number of benzene rings is 1. The lowest BCUT2D eigenvalue weighted by atomic mass is 10.2. The van der Waals surface area contributed by atoms with Gasteiger partial charge in [0.2, 0.25) is 0 Å². The summed E-state index contributed by atoms with van der Waals surface area (Å²) in [6.45, 7) is 2.85. The zero-order chi connectivity index (χ0) is 10.6. The number of anilines is 1. The van der Waals surface area contributed by atoms with E-state index in [1.165, 1.54) is 5.56 Å². The molecule has 1 aromatic rings. The van der Waals surface area contributed by atoms with Crippen molar-refractivity contribution in [1.29, 1.82) is 0 Å². The van der Waals surface area contributed by atoms with Crippen molar-refractivity contribution in [3.05, 3.63) is 28.2 Å². The molecule has 0 atom stereocenters. The molecule has 0 aliphatic rings. The van der Waals surface area contributed by atoms with Gasteiger partial charge in [-0.05, 0) is 30.7 Å². The normalized spacial score (nSPS) is 9.86. The number of hydrogen-bond donors (Lipinski definition) is 2. The molecule has 76 valence electrons. The van der Waals surface area contributed by atoms with Crippen LogP contribution in [0.5, 0.6) is 0 Å². The average Bonchev–Trinajstić information content (AvgIpc) is 2.08. The van der Waals surface area contributed by atoms with E-state index in [2.05, 4.69) is 34.2 Å². The molecule has 0 saturated heterocycles. The quantitative estimate of drug-likeness (QED) is 0.828. The largest absolute Gasteiger partial charge is 0.393 e. The maximum Gasteiger partial charge on any atom is 0.0745 e. The van der Waals surface area contributed by atoms with Crippen LogP contribution < -0.4 is 11.1 Å². The van der Waals surface area contributed by atoms with Gasteiger partial charge in [0.25, 0.3) is 0 Å². The van der Waals surface area contributed by atoms with Crippen LogP contribution in [0, 0.1) is 6.92 Å². The summed E-state index contributed by atoms with van der Waals surface area (Å²) in [5.74, 6) is 0. The van der Waals surface area contributed by atoms with E-state index < -0.39 is 0 Å². The van der Waals surface area contributed by atoms with E-state index in [1.54, 1.807) is 0 Å². The summed E-state index contributed by atoms with van der Waals surface area (Å²) in [6.07, 6.45) is 0.727. The first-order valence-electron chi connectivity index (χ1n) is 4.38. The summed E-state index contributed by atoms with van der Waals surface area (Å²) in [4.78, 5) is 0.548. The minimum atomic E-state index is 0.548. The van der Waals surface area contributed by atoms with Gasteiger partial charge < -0.3 is 11.1 Å². The predicted octanol–water partition coefficient (Wildman–Crippen LogP) is 2.85. The fourth-order valence-electron chi connectivity index (χ4n) is 1.15. The highest BCUT2D eigenvalue weighted by Crippen LogP contribution is 2.19. The molecule has 2 nitrogen and oxygen atoms in total. The van der Waals surface area contributed by atoms with Crippen LogP contribution in [-0.4, -0.2) is 11.5 Å². The van der Waals surface area contributed by atoms with Crippen molar-refractivity contribution in [2.75, 3.05) is 11.9 Å². The number of thiocarbonyl (C=S) groups is 1. The Labute approximate surface area is 98.0 Å². The van der Waals surface area contributed by atoms with Crippen LogP contribution >= 0.6 is 28.1 Å². The molecule has 0 amide bonds. The van der Waals surface area contributed by atoms with Crippen LogP contribution in [0.2, 0.25) is 0 Å². The lowest BCUT2D eigenvalue weighted by Crippen LogP contribution is -2.14. The lowest BCUT2D eigenvalue weighted by Gasteiger charge is -2.08. The highest BCUT2D eigenvalue weighted by Gasteiger charge is 1.98. The second-order valence-electron chi connectivity index (χ2n) is 3.10. The first-order valence-corrected chi connectivity index (χ1v) is 5.58. The first kappa shape index (κ1) is 11.5. The third-order valence-electron chi connectivity index (χ3n) is 1.88. The fourth-order valence-corrected chi connectivity index (χ4v) is 1.72. The van der Waals surface area contributed by atoms with Crippen LogP contribution in [-0.2, 0) is 0 Å². The molecule has 0 spiro atoms. The minimum absolute atomic E-state index is 0.548. The van der Waals surface area contributed by atoms with Crippen LogP contribution in [0.1, 0.15) is 12.0 Å². The molecular formula is C10H13BrN2S. The number of nitrogens with one attached hydrogen (secondary N) is 1. The van der Waals surface area contributed by atoms with E-state index in [0.29, 0.717) is 4.99 Å². The molecule has 0 aliphatic carbocycles. The van der Waals surface area contributed by atoms with Crippen molar-refractivity contribution >= 4 is 38.8 Å². The van der Waals surface area contributed by atoms with Crippen LogP contribution in [0.15, 0.2) is 22.7 Å². The van der Waals surface area contributed by atoms with Crippen LogP contribution in [0.3, 0.4) is 0 Å². The molecule has 1 aromatic carbocycles. The topological polar surface area (TPSA) is 38.0 Å². The number of aryl methyl sites for hydroxylation is 1. The molecule has 0 fully saturated rings. The summed E-state index contributed by atoms with van der Waals surface area (Å²) in [7, 11) is 0. The summed E-state index contributed by atoms with van der Waals surface area (Å²) < 4.78 is 1.09. The smallest absolute Gasteiger partial charge is 0.0745 e. The van der Waals surface area contributed by atoms with Crippen molar-refractivity contribution in [2.24, 2.45) is 5.73 Å². The molecule has 0 bridgehead atoms. The Kier molecular flexibility index (Phi) is 4.35. The monoisotopic (exact) mass is 272 g/mol. The van der Waals surface area contributed by atoms with E-state index >= 15 is 0 Å². The van der Waals surface area contributed by atoms with Crippen LogP contribution in [0.4, 0.5) is 5.69 Å². The van der Waals surface area contributed by atoms with Gasteiger partial charge in [0.15, 0.2) is 0 Å². The van der Waals surface area contributed by atoms with Crippen molar-refractivity contribution in [1.82, 2.24) is 0 Å². The van der Waals surface area contributed by atoms with Gasteiger partial charge in [0.05, 0.1) is 4.99 Å². The summed E-state index contributed by atoms with van der Waals surface area (Å²) in [6, 6.07) is 6.12. The maximum atomic E-state index is 5.40. The number of hydrogen-bond acceptors (Lipinski definition) is 2. The zero-order valence-electron chi connectivity index (χ0n) is 8.01. The van der Waals surface area contributed by atoms with Gasteiger partial charge in [-0.1, -0.05) is 28.1 Å². The second kappa shape index (κ2) is 5.32. The fraction of sp³-hybridized carbons (Fsp3) is 0.300. The van der Waals surface area contributed by atoms with Gasteiger partial charge in [-0.2, -0.15) is 0 Å². The highest BCUT2D eigenvalue weighted by atomic mass is 79.9. The summed E-state index contributed by atoms with van der Waals surface area (Å²) in [5.41, 5.74) is 7.74. The molecular weight excluding hydrogens is 260 g/mol. The van der Waals surface area contributed by atoms with Gasteiger partial charge in [-0.15, -0.1) is 0 Å². The number of rotatable bonds is 4. The van der Waals surface area contributed by atoms with Crippen molar-refractivity contribution in [3.8, 4) is 0 Å². The van der Waals surface area contributed by atoms with E-state index in [0.717, 1.165) is 23.1 Å². The maximum absolute atomic E-state index is 5.40. The highest BCUT2D eigenvalue weighted by molar-refractivity contribution is 9.10. The van der Waals surface area contributed by atoms with Gasteiger partial charge in [-0.25, -0.2) is 0 Å². The Balaban J connectivity index is 2.55. The third-order valence-corrected chi connectivity index (χ3v) is 2.57. The Hall–Kier alpha value is -0.610. The first-order chi connectivity index (χ1) is 6.59. The zero-order valence-corrected chi connectivity index (χ0v) is 10.4. The Morgan fingerprint density at radius 1 is 1.57 bits per heavy atom. The molecule has 4 heteroatoms. The van der Waals surface area contributed by atoms with E-state index in [9.17, 15) is 0 Å². The van der Waals surface area contributed by atoms with Crippen molar-refractivity contribution in [3.63, 3.8) is 0 Å². The summed E-state index contributed by atoms with van der Waals surface area (Å²) in [5, 5.41) is 3.28. The SMILES string of the molecule is Cc1cc(Br)ccc1NCCC(N)=S. The van der Waals surface area contributed by atoms with Gasteiger partial charge >= 0.3 is 0 Å². The van der Waals surface area contributed by atoms with Gasteiger partial charge in [0, 0.05) is 23.1 Å². The predicted molar refractivity (Wildman–Crippen MR) is 68.8 cm³/mol. The molecule has 14 heavy (non-hydrogen) atoms. The van der Waals surface area contributed by atoms with E-state index in [4.69, 9.17) is 18.0 Å². The molecule has 0 aliphatic heterocycles. The molecule has 0 heterocycles. The van der Waals surface area contributed by atoms with E-state index in [1.807, 2.05) is 12.1 Å². The Morgan fingerprint density at radius 3 is 2.86 bits per heavy atom. The standard InChI is InChI=1S/C10H13BrN2S/c1-7-6-8(11)2-3-9(7)13-5-4-10(12)14/h2-3,6,13H,4-5H2,1H3,(H2,12,14). The average molecular weight is 273 g/mol. The third kappa shape index (κ3) is 3.64. The summed E-state index contributed by atoms with van der Waals surface area (Å²) >= 11 is 8.21. The van der Waals surface area contributed by atoms with Gasteiger partial charge in [-0.3, -0.25) is 0 Å². The Bertz CT molecular complexity index is 339. The van der Waals surface area contributed by atoms with Crippen LogP contribution in [0.25, 0.3) is 0 Å². The molecule has 3 N–H and O–H groups in total. The molecule has 0 aromatic heterocycles. The number of halogens is 1. The van der Waals surface area contributed by atoms with Gasteiger partial charge in [0.1, 0.15) is 0 Å². The minimum Gasteiger partial charge on any atom is -0.393 e. The van der Waals surface area contributed by atoms with Crippen molar-refractivity contribution in [2.45, 2.75) is 13.3 Å². The van der Waals surface area contributed by atoms with E-state index in [-0.39, 0.29) is 0 Å². The molecule has 0 unspecified atom stereocenters.